The molecule has 1 unspecified atom stereocenters. The molecule has 0 aliphatic carbocycles. The Bertz CT molecular complexity index is 966. The minimum absolute atomic E-state index is 0.102. The van der Waals surface area contributed by atoms with E-state index in [9.17, 15) is 9.59 Å². The van der Waals surface area contributed by atoms with Crippen LogP contribution in [0.3, 0.4) is 0 Å². The maximum absolute atomic E-state index is 12.4. The van der Waals surface area contributed by atoms with Gasteiger partial charge in [-0.2, -0.15) is 0 Å². The molecule has 29 heavy (non-hydrogen) atoms. The van der Waals surface area contributed by atoms with Crippen molar-refractivity contribution in [1.29, 1.82) is 0 Å². The SMILES string of the molecule is COc1ccc(C(CC(=O)NCCCn2cnc3ccccc32)NC(C)=O)cc1. The number of nitrogens with zero attached hydrogens (tertiary/aromatic N) is 2. The van der Waals surface area contributed by atoms with Crippen molar-refractivity contribution in [3.63, 3.8) is 0 Å². The highest BCUT2D eigenvalue weighted by molar-refractivity contribution is 5.79. The Morgan fingerprint density at radius 1 is 1.14 bits per heavy atom. The second kappa shape index (κ2) is 9.73. The molecule has 1 heterocycles. The summed E-state index contributed by atoms with van der Waals surface area (Å²) in [7, 11) is 1.60. The predicted octanol–water partition coefficient (Wildman–Crippen LogP) is 2.82. The van der Waals surface area contributed by atoms with Crippen molar-refractivity contribution in [3.8, 4) is 5.75 Å². The number of methoxy groups -OCH3 is 1. The molecule has 7 nitrogen and oxygen atoms in total. The Balaban J connectivity index is 1.50. The van der Waals surface area contributed by atoms with Gasteiger partial charge in [0.25, 0.3) is 0 Å². The Morgan fingerprint density at radius 2 is 1.90 bits per heavy atom. The van der Waals surface area contributed by atoms with E-state index < -0.39 is 0 Å². The molecule has 1 atom stereocenters. The molecule has 3 rings (SSSR count). The molecule has 0 radical (unpaired) electrons. The number of amides is 2. The van der Waals surface area contributed by atoms with Crippen LogP contribution in [0.2, 0.25) is 0 Å². The zero-order valence-electron chi connectivity index (χ0n) is 16.7. The summed E-state index contributed by atoms with van der Waals surface area (Å²) in [6, 6.07) is 14.9. The number of imidazole rings is 1. The first-order valence-corrected chi connectivity index (χ1v) is 9.64. The smallest absolute Gasteiger partial charge is 0.222 e. The van der Waals surface area contributed by atoms with E-state index in [4.69, 9.17) is 4.74 Å². The van der Waals surface area contributed by atoms with Gasteiger partial charge in [-0.1, -0.05) is 24.3 Å². The number of aryl methyl sites for hydroxylation is 1. The standard InChI is InChI=1S/C22H26N4O3/c1-16(27)25-20(17-8-10-18(29-2)11-9-17)14-22(28)23-12-5-13-26-15-24-19-6-3-4-7-21(19)26/h3-4,6-11,15,20H,5,12-14H2,1-2H3,(H,23,28)(H,25,27). The van der Waals surface area contributed by atoms with Crippen LogP contribution in [-0.4, -0.2) is 35.0 Å². The second-order valence-corrected chi connectivity index (χ2v) is 6.86. The van der Waals surface area contributed by atoms with Crippen LogP contribution in [0, 0.1) is 0 Å². The molecule has 2 amide bonds. The van der Waals surface area contributed by atoms with Crippen LogP contribution in [0.4, 0.5) is 0 Å². The summed E-state index contributed by atoms with van der Waals surface area (Å²) in [5.41, 5.74) is 2.92. The van der Waals surface area contributed by atoms with Crippen LogP contribution < -0.4 is 15.4 Å². The second-order valence-electron chi connectivity index (χ2n) is 6.86. The molecule has 0 saturated carbocycles. The minimum atomic E-state index is -0.379. The first-order valence-electron chi connectivity index (χ1n) is 9.64. The van der Waals surface area contributed by atoms with E-state index in [-0.39, 0.29) is 24.3 Å². The molecule has 0 saturated heterocycles. The number of aromatic nitrogens is 2. The number of rotatable bonds is 9. The van der Waals surface area contributed by atoms with Crippen molar-refractivity contribution in [2.75, 3.05) is 13.7 Å². The van der Waals surface area contributed by atoms with E-state index in [0.29, 0.717) is 6.54 Å². The summed E-state index contributed by atoms with van der Waals surface area (Å²) in [4.78, 5) is 28.3. The van der Waals surface area contributed by atoms with Crippen molar-refractivity contribution >= 4 is 22.8 Å². The molecule has 0 bridgehead atoms. The molecule has 2 N–H and O–H groups in total. The molecule has 0 spiro atoms. The molecular weight excluding hydrogens is 368 g/mol. The zero-order valence-corrected chi connectivity index (χ0v) is 16.7. The van der Waals surface area contributed by atoms with Gasteiger partial charge in [0.2, 0.25) is 11.8 Å². The third-order valence-corrected chi connectivity index (χ3v) is 4.71. The Labute approximate surface area is 170 Å². The maximum atomic E-state index is 12.4. The molecule has 2 aromatic carbocycles. The normalized spacial score (nSPS) is 11.8. The summed E-state index contributed by atoms with van der Waals surface area (Å²) in [6.07, 6.45) is 2.79. The highest BCUT2D eigenvalue weighted by atomic mass is 16.5. The fraction of sp³-hybridized carbons (Fsp3) is 0.318. The first kappa shape index (κ1) is 20.4. The van der Waals surface area contributed by atoms with Gasteiger partial charge in [0.15, 0.2) is 0 Å². The van der Waals surface area contributed by atoms with E-state index in [0.717, 1.165) is 35.3 Å². The van der Waals surface area contributed by atoms with Crippen LogP contribution >= 0.6 is 0 Å². The third kappa shape index (κ3) is 5.57. The molecule has 152 valence electrons. The summed E-state index contributed by atoms with van der Waals surface area (Å²) in [5, 5.41) is 5.79. The number of benzene rings is 2. The molecular formula is C22H26N4O3. The van der Waals surface area contributed by atoms with Crippen LogP contribution in [0.25, 0.3) is 11.0 Å². The van der Waals surface area contributed by atoms with Gasteiger partial charge in [-0.05, 0) is 36.2 Å². The van der Waals surface area contributed by atoms with E-state index in [2.05, 4.69) is 20.2 Å². The molecule has 0 fully saturated rings. The van der Waals surface area contributed by atoms with E-state index >= 15 is 0 Å². The maximum Gasteiger partial charge on any atom is 0.222 e. The lowest BCUT2D eigenvalue weighted by Gasteiger charge is -2.18. The summed E-state index contributed by atoms with van der Waals surface area (Å²) >= 11 is 0. The van der Waals surface area contributed by atoms with Crippen LogP contribution in [-0.2, 0) is 16.1 Å². The Hall–Kier alpha value is -3.35. The number of carbonyl (C=O) groups excluding carboxylic acids is 2. The van der Waals surface area contributed by atoms with Crippen molar-refractivity contribution in [2.24, 2.45) is 0 Å². The van der Waals surface area contributed by atoms with E-state index in [1.54, 1.807) is 7.11 Å². The third-order valence-electron chi connectivity index (χ3n) is 4.71. The van der Waals surface area contributed by atoms with Gasteiger partial charge in [-0.15, -0.1) is 0 Å². The molecule has 3 aromatic rings. The predicted molar refractivity (Wildman–Crippen MR) is 112 cm³/mol. The number of hydrogen-bond donors (Lipinski definition) is 2. The largest absolute Gasteiger partial charge is 0.497 e. The van der Waals surface area contributed by atoms with Gasteiger partial charge >= 0.3 is 0 Å². The highest BCUT2D eigenvalue weighted by Gasteiger charge is 2.17. The van der Waals surface area contributed by atoms with Crippen molar-refractivity contribution in [1.82, 2.24) is 20.2 Å². The lowest BCUT2D eigenvalue weighted by atomic mass is 10.0. The number of ether oxygens (including phenoxy) is 1. The molecule has 0 aliphatic rings. The van der Waals surface area contributed by atoms with Crippen molar-refractivity contribution in [3.05, 3.63) is 60.4 Å². The van der Waals surface area contributed by atoms with Gasteiger partial charge in [0.1, 0.15) is 5.75 Å². The Kier molecular flexibility index (Phi) is 6.84. The minimum Gasteiger partial charge on any atom is -0.497 e. The summed E-state index contributed by atoms with van der Waals surface area (Å²) in [5.74, 6) is 0.451. The molecule has 7 heteroatoms. The van der Waals surface area contributed by atoms with Crippen LogP contribution in [0.15, 0.2) is 54.9 Å². The van der Waals surface area contributed by atoms with Gasteiger partial charge < -0.3 is 19.9 Å². The van der Waals surface area contributed by atoms with Gasteiger partial charge in [0.05, 0.1) is 36.9 Å². The summed E-state index contributed by atoms with van der Waals surface area (Å²) < 4.78 is 7.24. The fourth-order valence-electron chi connectivity index (χ4n) is 3.26. The van der Waals surface area contributed by atoms with Crippen LogP contribution in [0.1, 0.15) is 31.4 Å². The van der Waals surface area contributed by atoms with E-state index in [1.165, 1.54) is 6.92 Å². The van der Waals surface area contributed by atoms with Gasteiger partial charge in [0, 0.05) is 20.0 Å². The number of hydrogen-bond acceptors (Lipinski definition) is 4. The lowest BCUT2D eigenvalue weighted by Crippen LogP contribution is -2.33. The number of carbonyl (C=O) groups is 2. The van der Waals surface area contributed by atoms with Crippen molar-refractivity contribution < 1.29 is 14.3 Å². The molecule has 1 aromatic heterocycles. The Morgan fingerprint density at radius 3 is 2.62 bits per heavy atom. The number of para-hydroxylation sites is 2. The highest BCUT2D eigenvalue weighted by Crippen LogP contribution is 2.20. The average molecular weight is 394 g/mol. The number of nitrogens with one attached hydrogen (secondary N) is 2. The fourth-order valence-corrected chi connectivity index (χ4v) is 3.26. The topological polar surface area (TPSA) is 85.2 Å². The average Bonchev–Trinajstić information content (AvgIpc) is 3.14. The quantitative estimate of drug-likeness (QED) is 0.547. The van der Waals surface area contributed by atoms with Crippen molar-refractivity contribution in [2.45, 2.75) is 32.4 Å². The first-order chi connectivity index (χ1) is 14.1. The zero-order chi connectivity index (χ0) is 20.6. The van der Waals surface area contributed by atoms with Crippen LogP contribution in [0.5, 0.6) is 5.75 Å². The molecule has 0 aliphatic heterocycles. The monoisotopic (exact) mass is 394 g/mol. The number of fused-ring (bicyclic) bond motifs is 1. The van der Waals surface area contributed by atoms with Gasteiger partial charge in [-0.25, -0.2) is 4.98 Å². The van der Waals surface area contributed by atoms with E-state index in [1.807, 2.05) is 54.9 Å². The van der Waals surface area contributed by atoms with Gasteiger partial charge in [-0.3, -0.25) is 9.59 Å². The lowest BCUT2D eigenvalue weighted by molar-refractivity contribution is -0.122. The summed E-state index contributed by atoms with van der Waals surface area (Å²) in [6.45, 7) is 2.78.